The molecule has 106 valence electrons. The highest BCUT2D eigenvalue weighted by atomic mass is 16.5. The Balaban J connectivity index is 1.82. The second-order valence-corrected chi connectivity index (χ2v) is 4.68. The van der Waals surface area contributed by atoms with Gasteiger partial charge >= 0.3 is 0 Å². The topological polar surface area (TPSA) is 82.3 Å². The number of amides is 1. The summed E-state index contributed by atoms with van der Waals surface area (Å²) in [6.45, 7) is 0.0378. The molecule has 2 aromatic rings. The number of nitrogens with one attached hydrogen (secondary N) is 1. The van der Waals surface area contributed by atoms with Crippen LogP contribution < -0.4 is 19.7 Å². The molecule has 0 saturated carbocycles. The van der Waals surface area contributed by atoms with Gasteiger partial charge in [-0.05, 0) is 23.9 Å². The third-order valence-electron chi connectivity index (χ3n) is 3.09. The fourth-order valence-corrected chi connectivity index (χ4v) is 2.11. The lowest BCUT2D eigenvalue weighted by Crippen LogP contribution is -2.37. The van der Waals surface area contributed by atoms with Crippen molar-refractivity contribution < 1.29 is 24.0 Å². The zero-order valence-electron chi connectivity index (χ0n) is 11.0. The Labute approximate surface area is 120 Å². The van der Waals surface area contributed by atoms with Gasteiger partial charge in [-0.3, -0.25) is 9.59 Å². The average molecular weight is 284 g/mol. The monoisotopic (exact) mass is 284 g/mol. The highest BCUT2D eigenvalue weighted by Crippen LogP contribution is 2.28. The van der Waals surface area contributed by atoms with Gasteiger partial charge in [-0.25, -0.2) is 0 Å². The van der Waals surface area contributed by atoms with Gasteiger partial charge in [0, 0.05) is 11.6 Å². The highest BCUT2D eigenvalue weighted by Gasteiger charge is 2.19. The van der Waals surface area contributed by atoms with E-state index in [0.29, 0.717) is 17.0 Å². The number of benzene rings is 1. The van der Waals surface area contributed by atoms with Crippen LogP contribution >= 0.6 is 0 Å². The van der Waals surface area contributed by atoms with Crippen LogP contribution in [0.5, 0.6) is 11.5 Å². The van der Waals surface area contributed by atoms with Crippen molar-refractivity contribution >= 4 is 17.4 Å². The van der Waals surface area contributed by atoms with E-state index in [4.69, 9.17) is 4.74 Å². The standard InChI is InChI=1S/C15H12N2O4/c18-11-2-1-5-17(7-11)8-13(19)10-3-4-14-12(6-10)16-15(20)9-21-14/h1-7H,8-9H2,(H-,16,18,20). The summed E-state index contributed by atoms with van der Waals surface area (Å²) in [5.74, 6) is -0.0227. The number of ketones is 1. The summed E-state index contributed by atoms with van der Waals surface area (Å²) in [7, 11) is 0. The predicted octanol–water partition coefficient (Wildman–Crippen LogP) is 0.261. The minimum Gasteiger partial charge on any atom is -0.868 e. The zero-order chi connectivity index (χ0) is 14.8. The number of nitrogens with zero attached hydrogens (tertiary/aromatic N) is 1. The van der Waals surface area contributed by atoms with Crippen molar-refractivity contribution in [3.63, 3.8) is 0 Å². The number of Topliss-reactive ketones (excluding diaryl/α,β-unsaturated/α-hetero) is 1. The Morgan fingerprint density at radius 2 is 2.24 bits per heavy atom. The molecule has 6 nitrogen and oxygen atoms in total. The number of anilines is 1. The van der Waals surface area contributed by atoms with Crippen LogP contribution in [0.15, 0.2) is 42.7 Å². The molecule has 1 N–H and O–H groups in total. The first kappa shape index (κ1) is 13.1. The van der Waals surface area contributed by atoms with Gasteiger partial charge in [0.25, 0.3) is 5.91 Å². The fourth-order valence-electron chi connectivity index (χ4n) is 2.11. The highest BCUT2D eigenvalue weighted by molar-refractivity contribution is 6.00. The van der Waals surface area contributed by atoms with Gasteiger partial charge in [0.05, 0.1) is 5.69 Å². The second kappa shape index (κ2) is 5.24. The van der Waals surface area contributed by atoms with E-state index >= 15 is 0 Å². The summed E-state index contributed by atoms with van der Waals surface area (Å²) in [6.07, 6.45) is 3.02. The molecule has 0 fully saturated rings. The number of hydrogen-bond donors (Lipinski definition) is 1. The summed E-state index contributed by atoms with van der Waals surface area (Å²) in [4.78, 5) is 23.5. The number of aromatic nitrogens is 1. The van der Waals surface area contributed by atoms with Crippen LogP contribution in [0.1, 0.15) is 10.4 Å². The minimum atomic E-state index is -0.250. The van der Waals surface area contributed by atoms with Crippen LogP contribution in [0.3, 0.4) is 0 Å². The lowest BCUT2D eigenvalue weighted by Gasteiger charge is -2.18. The summed E-state index contributed by atoms with van der Waals surface area (Å²) in [5, 5.41) is 13.9. The number of ether oxygens (including phenoxy) is 1. The number of carbonyl (C=O) groups excluding carboxylic acids is 2. The quantitative estimate of drug-likeness (QED) is 0.647. The van der Waals surface area contributed by atoms with Crippen LogP contribution in [0, 0.1) is 0 Å². The first-order valence-electron chi connectivity index (χ1n) is 6.38. The van der Waals surface area contributed by atoms with Crippen molar-refractivity contribution in [1.29, 1.82) is 0 Å². The van der Waals surface area contributed by atoms with Gasteiger partial charge in [-0.15, -0.1) is 0 Å². The van der Waals surface area contributed by atoms with Crippen molar-refractivity contribution in [2.75, 3.05) is 11.9 Å². The van der Waals surface area contributed by atoms with Gasteiger partial charge in [0.15, 0.2) is 19.0 Å². The van der Waals surface area contributed by atoms with Crippen LogP contribution in [-0.4, -0.2) is 18.3 Å². The van der Waals surface area contributed by atoms with Crippen LogP contribution in [-0.2, 0) is 11.3 Å². The van der Waals surface area contributed by atoms with E-state index in [-0.39, 0.29) is 30.6 Å². The van der Waals surface area contributed by atoms with Crippen LogP contribution in [0.4, 0.5) is 5.69 Å². The van der Waals surface area contributed by atoms with Crippen LogP contribution in [0.2, 0.25) is 0 Å². The Hall–Kier alpha value is -2.89. The molecule has 0 radical (unpaired) electrons. The SMILES string of the molecule is O=C1COc2ccc(C(=O)C[n+]3cccc([O-])c3)cc2N1. The Kier molecular flexibility index (Phi) is 3.27. The van der Waals surface area contributed by atoms with E-state index in [1.54, 1.807) is 30.5 Å². The third kappa shape index (κ3) is 2.84. The average Bonchev–Trinajstić information content (AvgIpc) is 2.46. The van der Waals surface area contributed by atoms with Crippen molar-refractivity contribution in [3.05, 3.63) is 48.3 Å². The normalized spacial score (nSPS) is 13.0. The molecule has 1 aliphatic heterocycles. The van der Waals surface area contributed by atoms with Gasteiger partial charge in [-0.1, -0.05) is 6.07 Å². The first-order chi connectivity index (χ1) is 10.1. The van der Waals surface area contributed by atoms with Gasteiger partial charge in [0.1, 0.15) is 5.75 Å². The molecule has 0 spiro atoms. The number of fused-ring (bicyclic) bond motifs is 1. The molecule has 0 bridgehead atoms. The number of rotatable bonds is 3. The van der Waals surface area contributed by atoms with E-state index < -0.39 is 0 Å². The van der Waals surface area contributed by atoms with Crippen molar-refractivity contribution in [3.8, 4) is 11.5 Å². The van der Waals surface area contributed by atoms with Gasteiger partial charge in [-0.2, -0.15) is 4.57 Å². The second-order valence-electron chi connectivity index (χ2n) is 4.68. The molecule has 21 heavy (non-hydrogen) atoms. The molecule has 0 saturated heterocycles. The lowest BCUT2D eigenvalue weighted by atomic mass is 10.1. The summed E-state index contributed by atoms with van der Waals surface area (Å²) in [5.41, 5.74) is 0.933. The zero-order valence-corrected chi connectivity index (χ0v) is 11.0. The minimum absolute atomic E-state index is 0.0214. The molecule has 6 heteroatoms. The molecular weight excluding hydrogens is 272 g/mol. The van der Waals surface area contributed by atoms with Crippen molar-refractivity contribution in [2.45, 2.75) is 6.54 Å². The number of carbonyl (C=O) groups is 2. The van der Waals surface area contributed by atoms with Crippen molar-refractivity contribution in [2.24, 2.45) is 0 Å². The molecule has 1 amide bonds. The molecule has 1 aromatic carbocycles. The van der Waals surface area contributed by atoms with Gasteiger partial charge < -0.3 is 15.2 Å². The third-order valence-corrected chi connectivity index (χ3v) is 3.09. The predicted molar refractivity (Wildman–Crippen MR) is 71.0 cm³/mol. The Morgan fingerprint density at radius 3 is 3.05 bits per heavy atom. The molecule has 3 rings (SSSR count). The Morgan fingerprint density at radius 1 is 1.38 bits per heavy atom. The molecule has 0 atom stereocenters. The summed E-state index contributed by atoms with van der Waals surface area (Å²) >= 11 is 0. The smallest absolute Gasteiger partial charge is 0.262 e. The van der Waals surface area contributed by atoms with E-state index in [1.807, 2.05) is 0 Å². The lowest BCUT2D eigenvalue weighted by molar-refractivity contribution is -0.685. The molecule has 0 aliphatic carbocycles. The van der Waals surface area contributed by atoms with E-state index in [1.165, 1.54) is 16.8 Å². The van der Waals surface area contributed by atoms with Crippen LogP contribution in [0.25, 0.3) is 0 Å². The molecular formula is C15H12N2O4. The van der Waals surface area contributed by atoms with E-state index in [2.05, 4.69) is 5.32 Å². The summed E-state index contributed by atoms with van der Waals surface area (Å²) < 4.78 is 6.76. The van der Waals surface area contributed by atoms with Gasteiger partial charge in [0.2, 0.25) is 12.3 Å². The number of hydrogen-bond acceptors (Lipinski definition) is 4. The number of pyridine rings is 1. The maximum absolute atomic E-state index is 12.2. The molecule has 1 aromatic heterocycles. The largest absolute Gasteiger partial charge is 0.868 e. The first-order valence-corrected chi connectivity index (χ1v) is 6.38. The van der Waals surface area contributed by atoms with E-state index in [0.717, 1.165) is 0 Å². The molecule has 1 aliphatic rings. The Bertz CT molecular complexity index is 727. The fraction of sp³-hybridized carbons (Fsp3) is 0.133. The maximum Gasteiger partial charge on any atom is 0.262 e. The maximum atomic E-state index is 12.2. The molecule has 2 heterocycles. The molecule has 0 unspecified atom stereocenters. The summed E-state index contributed by atoms with van der Waals surface area (Å²) in [6, 6.07) is 7.89. The van der Waals surface area contributed by atoms with Crippen molar-refractivity contribution in [1.82, 2.24) is 0 Å². The van der Waals surface area contributed by atoms with E-state index in [9.17, 15) is 14.7 Å².